The molecule has 2 aromatic rings. The van der Waals surface area contributed by atoms with Gasteiger partial charge in [-0.2, -0.15) is 0 Å². The number of rotatable bonds is 9. The number of ketones is 1. The molecule has 2 aromatic carbocycles. The van der Waals surface area contributed by atoms with Crippen molar-refractivity contribution in [1.82, 2.24) is 4.90 Å². The summed E-state index contributed by atoms with van der Waals surface area (Å²) in [4.78, 5) is 48.5. The first-order chi connectivity index (χ1) is 15.7. The Kier molecular flexibility index (Phi) is 7.59. The Bertz CT molecular complexity index is 1130. The molecule has 2 N–H and O–H groups in total. The minimum Gasteiger partial charge on any atom is -0.507 e. The predicted molar refractivity (Wildman–Crippen MR) is 122 cm³/mol. The van der Waals surface area contributed by atoms with Crippen molar-refractivity contribution in [3.63, 3.8) is 0 Å². The van der Waals surface area contributed by atoms with Crippen LogP contribution in [-0.2, 0) is 14.4 Å². The molecular formula is C23H21BrN2O7. The van der Waals surface area contributed by atoms with E-state index in [1.165, 1.54) is 23.1 Å². The van der Waals surface area contributed by atoms with Gasteiger partial charge in [0.05, 0.1) is 16.5 Å². The van der Waals surface area contributed by atoms with Crippen LogP contribution in [0.4, 0.5) is 5.69 Å². The number of hydrogen-bond acceptors (Lipinski definition) is 6. The fourth-order valence-electron chi connectivity index (χ4n) is 3.76. The lowest BCUT2D eigenvalue weighted by molar-refractivity contribution is -0.384. The van der Waals surface area contributed by atoms with Crippen LogP contribution in [0.25, 0.3) is 5.76 Å². The van der Waals surface area contributed by atoms with E-state index in [-0.39, 0.29) is 30.0 Å². The van der Waals surface area contributed by atoms with Crippen molar-refractivity contribution in [3.05, 3.63) is 79.8 Å². The molecule has 0 radical (unpaired) electrons. The first-order valence-electron chi connectivity index (χ1n) is 10.2. The molecule has 0 bridgehead atoms. The molecule has 3 rings (SSSR count). The number of carbonyl (C=O) groups is 3. The first-order valence-corrected chi connectivity index (χ1v) is 11.0. The Morgan fingerprint density at radius 1 is 1.06 bits per heavy atom. The van der Waals surface area contributed by atoms with E-state index < -0.39 is 28.6 Å². The van der Waals surface area contributed by atoms with Gasteiger partial charge in [0.15, 0.2) is 0 Å². The number of unbranched alkanes of at least 4 members (excludes halogenated alkanes) is 2. The molecule has 1 aliphatic heterocycles. The number of amides is 1. The second-order valence-corrected chi connectivity index (χ2v) is 8.47. The van der Waals surface area contributed by atoms with E-state index in [0.717, 1.165) is 4.47 Å². The maximum absolute atomic E-state index is 12.9. The Balaban J connectivity index is 2.02. The number of halogens is 1. The number of carboxylic acids is 1. The molecule has 33 heavy (non-hydrogen) atoms. The first kappa shape index (κ1) is 24.1. The van der Waals surface area contributed by atoms with E-state index in [1.54, 1.807) is 30.3 Å². The van der Waals surface area contributed by atoms with Crippen molar-refractivity contribution < 1.29 is 29.5 Å². The van der Waals surface area contributed by atoms with Gasteiger partial charge in [-0.05, 0) is 30.5 Å². The van der Waals surface area contributed by atoms with Gasteiger partial charge in [0.2, 0.25) is 0 Å². The van der Waals surface area contributed by atoms with Crippen LogP contribution in [0.15, 0.2) is 58.6 Å². The largest absolute Gasteiger partial charge is 0.507 e. The molecule has 0 spiro atoms. The molecule has 0 aromatic heterocycles. The molecular weight excluding hydrogens is 496 g/mol. The second-order valence-electron chi connectivity index (χ2n) is 7.56. The number of non-ortho nitro benzene ring substituents is 1. The summed E-state index contributed by atoms with van der Waals surface area (Å²) in [5.74, 6) is -2.98. The minimum atomic E-state index is -1.01. The highest BCUT2D eigenvalue weighted by Gasteiger charge is 2.46. The third-order valence-corrected chi connectivity index (χ3v) is 5.87. The SMILES string of the molecule is O=C(O)CCCCCN1C(=O)C(=O)/C(=C(/O)c2ccc(Br)cc2)[C@@H]1c1cccc([N+](=O)[O-])c1. The van der Waals surface area contributed by atoms with E-state index in [2.05, 4.69) is 15.9 Å². The molecule has 0 saturated carbocycles. The fraction of sp³-hybridized carbons (Fsp3) is 0.261. The normalized spacial score (nSPS) is 17.4. The van der Waals surface area contributed by atoms with Crippen LogP contribution in [0.1, 0.15) is 42.9 Å². The van der Waals surface area contributed by atoms with E-state index in [1.807, 2.05) is 0 Å². The van der Waals surface area contributed by atoms with Gasteiger partial charge in [0, 0.05) is 35.1 Å². The number of aliphatic carboxylic acids is 1. The highest BCUT2D eigenvalue weighted by Crippen LogP contribution is 2.40. The summed E-state index contributed by atoms with van der Waals surface area (Å²) in [6, 6.07) is 11.1. The van der Waals surface area contributed by atoms with Gasteiger partial charge in [-0.15, -0.1) is 0 Å². The number of nitrogens with zero attached hydrogens (tertiary/aromatic N) is 2. The Hall–Kier alpha value is -3.53. The number of nitro groups is 1. The monoisotopic (exact) mass is 516 g/mol. The number of Topliss-reactive ketones (excluding diaryl/α,β-unsaturated/α-hetero) is 1. The van der Waals surface area contributed by atoms with Gasteiger partial charge in [-0.25, -0.2) is 0 Å². The smallest absolute Gasteiger partial charge is 0.303 e. The zero-order valence-corrected chi connectivity index (χ0v) is 19.0. The number of likely N-dealkylation sites (tertiary alicyclic amines) is 1. The van der Waals surface area contributed by atoms with Gasteiger partial charge < -0.3 is 15.1 Å². The lowest BCUT2D eigenvalue weighted by Crippen LogP contribution is -2.30. The van der Waals surface area contributed by atoms with Crippen molar-refractivity contribution in [2.75, 3.05) is 6.54 Å². The zero-order valence-electron chi connectivity index (χ0n) is 17.4. The predicted octanol–water partition coefficient (Wildman–Crippen LogP) is 4.42. The number of carboxylic acid groups (broad SMARTS) is 1. The van der Waals surface area contributed by atoms with Crippen molar-refractivity contribution >= 4 is 45.0 Å². The number of benzene rings is 2. The Morgan fingerprint density at radius 2 is 1.76 bits per heavy atom. The van der Waals surface area contributed by atoms with Crippen molar-refractivity contribution in [3.8, 4) is 0 Å². The number of carbonyl (C=O) groups excluding carboxylic acids is 2. The minimum absolute atomic E-state index is 0.00328. The summed E-state index contributed by atoms with van der Waals surface area (Å²) in [7, 11) is 0. The number of hydrogen-bond donors (Lipinski definition) is 2. The zero-order chi connectivity index (χ0) is 24.1. The lowest BCUT2D eigenvalue weighted by atomic mass is 9.95. The summed E-state index contributed by atoms with van der Waals surface area (Å²) in [5.41, 5.74) is 0.303. The summed E-state index contributed by atoms with van der Waals surface area (Å²) in [6.07, 6.45) is 1.37. The van der Waals surface area contributed by atoms with E-state index in [0.29, 0.717) is 30.4 Å². The standard InChI is InChI=1S/C23H21BrN2O7/c24-16-10-8-14(9-11-16)21(29)19-20(15-5-4-6-17(13-15)26(32)33)25(23(31)22(19)30)12-3-1-2-7-18(27)28/h4-6,8-11,13,20,29H,1-3,7,12H2,(H,27,28)/b21-19+/t20-/m0/s1. The van der Waals surface area contributed by atoms with Gasteiger partial charge in [-0.3, -0.25) is 24.5 Å². The average molecular weight is 517 g/mol. The van der Waals surface area contributed by atoms with Crippen molar-refractivity contribution in [1.29, 1.82) is 0 Å². The second kappa shape index (κ2) is 10.4. The van der Waals surface area contributed by atoms with Crippen LogP contribution in [0.3, 0.4) is 0 Å². The molecule has 0 aliphatic carbocycles. The van der Waals surface area contributed by atoms with Crippen molar-refractivity contribution in [2.24, 2.45) is 0 Å². The maximum atomic E-state index is 12.9. The highest BCUT2D eigenvalue weighted by atomic mass is 79.9. The summed E-state index contributed by atoms with van der Waals surface area (Å²) >= 11 is 3.30. The third-order valence-electron chi connectivity index (χ3n) is 5.34. The van der Waals surface area contributed by atoms with Gasteiger partial charge in [0.1, 0.15) is 5.76 Å². The lowest BCUT2D eigenvalue weighted by Gasteiger charge is -2.25. The van der Waals surface area contributed by atoms with Crippen LogP contribution in [-0.4, -0.2) is 44.2 Å². The third kappa shape index (κ3) is 5.46. The number of nitro benzene ring substituents is 1. The van der Waals surface area contributed by atoms with Crippen LogP contribution >= 0.6 is 15.9 Å². The van der Waals surface area contributed by atoms with E-state index in [4.69, 9.17) is 5.11 Å². The summed E-state index contributed by atoms with van der Waals surface area (Å²) < 4.78 is 0.760. The Labute approximate surface area is 197 Å². The van der Waals surface area contributed by atoms with E-state index >= 15 is 0 Å². The Morgan fingerprint density at radius 3 is 2.39 bits per heavy atom. The highest BCUT2D eigenvalue weighted by molar-refractivity contribution is 9.10. The number of aliphatic hydroxyl groups is 1. The quantitative estimate of drug-likeness (QED) is 0.125. The topological polar surface area (TPSA) is 138 Å². The molecule has 0 unspecified atom stereocenters. The van der Waals surface area contributed by atoms with Crippen LogP contribution < -0.4 is 0 Å². The summed E-state index contributed by atoms with van der Waals surface area (Å²) in [5, 5.41) is 31.0. The average Bonchev–Trinajstić information content (AvgIpc) is 3.03. The molecule has 1 amide bonds. The van der Waals surface area contributed by atoms with Crippen molar-refractivity contribution in [2.45, 2.75) is 31.7 Å². The van der Waals surface area contributed by atoms with Crippen LogP contribution in [0.5, 0.6) is 0 Å². The molecule has 1 aliphatic rings. The van der Waals surface area contributed by atoms with E-state index in [9.17, 15) is 29.6 Å². The molecule has 1 atom stereocenters. The molecule has 9 nitrogen and oxygen atoms in total. The van der Waals surface area contributed by atoms with Crippen LogP contribution in [0.2, 0.25) is 0 Å². The maximum Gasteiger partial charge on any atom is 0.303 e. The number of aliphatic hydroxyl groups excluding tert-OH is 1. The van der Waals surface area contributed by atoms with Gasteiger partial charge in [0.25, 0.3) is 17.4 Å². The summed E-state index contributed by atoms with van der Waals surface area (Å²) in [6.45, 7) is 0.134. The van der Waals surface area contributed by atoms with Gasteiger partial charge in [-0.1, -0.05) is 46.6 Å². The fourth-order valence-corrected chi connectivity index (χ4v) is 4.03. The molecule has 10 heteroatoms. The molecule has 1 fully saturated rings. The molecule has 1 saturated heterocycles. The van der Waals surface area contributed by atoms with Gasteiger partial charge >= 0.3 is 5.97 Å². The van der Waals surface area contributed by atoms with Crippen LogP contribution in [0, 0.1) is 10.1 Å². The molecule has 172 valence electrons. The molecule has 1 heterocycles.